The molecule has 2 atom stereocenters. The molecular formula is C20H32N2OS. The van der Waals surface area contributed by atoms with E-state index in [4.69, 9.17) is 0 Å². The van der Waals surface area contributed by atoms with Crippen molar-refractivity contribution < 1.29 is 4.79 Å². The van der Waals surface area contributed by atoms with Crippen LogP contribution in [0.1, 0.15) is 53.4 Å². The highest BCUT2D eigenvalue weighted by molar-refractivity contribution is 7.99. The first kappa shape index (κ1) is 19.3. The van der Waals surface area contributed by atoms with Crippen molar-refractivity contribution in [1.29, 1.82) is 0 Å². The lowest BCUT2D eigenvalue weighted by atomic mass is 10.0. The molecule has 0 aliphatic carbocycles. The third-order valence-electron chi connectivity index (χ3n) is 4.37. The van der Waals surface area contributed by atoms with Crippen LogP contribution in [0.5, 0.6) is 0 Å². The van der Waals surface area contributed by atoms with Crippen molar-refractivity contribution in [1.82, 2.24) is 10.2 Å². The highest BCUT2D eigenvalue weighted by atomic mass is 32.2. The highest BCUT2D eigenvalue weighted by Crippen LogP contribution is 2.28. The second-order valence-corrected chi connectivity index (χ2v) is 8.80. The van der Waals surface area contributed by atoms with Gasteiger partial charge in [-0.1, -0.05) is 31.5 Å². The first-order valence-electron chi connectivity index (χ1n) is 9.16. The van der Waals surface area contributed by atoms with Gasteiger partial charge in [0.15, 0.2) is 0 Å². The Balaban J connectivity index is 2.00. The number of likely N-dealkylation sites (tertiary alicyclic amines) is 1. The van der Waals surface area contributed by atoms with Gasteiger partial charge in [0.05, 0.1) is 6.04 Å². The van der Waals surface area contributed by atoms with Crippen LogP contribution in [0.4, 0.5) is 0 Å². The maximum Gasteiger partial charge on any atom is 0.237 e. The number of amides is 1. The van der Waals surface area contributed by atoms with Gasteiger partial charge in [-0.05, 0) is 58.7 Å². The third-order valence-corrected chi connectivity index (χ3v) is 5.53. The number of hydrogen-bond donors (Lipinski definition) is 1. The van der Waals surface area contributed by atoms with E-state index in [0.717, 1.165) is 25.1 Å². The molecule has 1 fully saturated rings. The molecule has 0 bridgehead atoms. The Hall–Kier alpha value is -1.00. The van der Waals surface area contributed by atoms with Gasteiger partial charge >= 0.3 is 0 Å². The molecule has 134 valence electrons. The summed E-state index contributed by atoms with van der Waals surface area (Å²) < 4.78 is 0. The van der Waals surface area contributed by atoms with Crippen LogP contribution in [0.25, 0.3) is 0 Å². The Morgan fingerprint density at radius 1 is 1.33 bits per heavy atom. The number of rotatable bonds is 7. The number of nitrogens with one attached hydrogen (secondary N) is 1. The smallest absolute Gasteiger partial charge is 0.237 e. The van der Waals surface area contributed by atoms with Gasteiger partial charge < -0.3 is 5.32 Å². The van der Waals surface area contributed by atoms with Crippen molar-refractivity contribution in [3.05, 3.63) is 30.3 Å². The standard InChI is InChI=1S/C20H32N2OS/c1-5-10-18(19(23)21-20(2,3)4)22-14-9-11-16(22)15-24-17-12-7-6-8-13-17/h6-8,12-13,16,18H,5,9-11,14-15H2,1-4H3,(H,21,23)/t16-,18?/m0/s1. The minimum atomic E-state index is -0.170. The monoisotopic (exact) mass is 348 g/mol. The molecule has 1 amide bonds. The maximum absolute atomic E-state index is 12.8. The van der Waals surface area contributed by atoms with Gasteiger partial charge in [-0.2, -0.15) is 0 Å². The van der Waals surface area contributed by atoms with Gasteiger partial charge in [-0.25, -0.2) is 0 Å². The van der Waals surface area contributed by atoms with E-state index in [1.165, 1.54) is 17.7 Å². The van der Waals surface area contributed by atoms with Crippen molar-refractivity contribution in [3.8, 4) is 0 Å². The molecule has 4 heteroatoms. The average molecular weight is 349 g/mol. The third kappa shape index (κ3) is 5.82. The van der Waals surface area contributed by atoms with Gasteiger partial charge in [-0.3, -0.25) is 9.69 Å². The van der Waals surface area contributed by atoms with Crippen LogP contribution in [0.15, 0.2) is 35.2 Å². The highest BCUT2D eigenvalue weighted by Gasteiger charge is 2.35. The van der Waals surface area contributed by atoms with Crippen molar-refractivity contribution >= 4 is 17.7 Å². The zero-order chi connectivity index (χ0) is 17.6. The predicted octanol–water partition coefficient (Wildman–Crippen LogP) is 4.33. The van der Waals surface area contributed by atoms with Crippen molar-refractivity contribution in [2.45, 2.75) is 75.9 Å². The zero-order valence-corrected chi connectivity index (χ0v) is 16.4. The molecule has 1 aliphatic heterocycles. The fourth-order valence-electron chi connectivity index (χ4n) is 3.33. The molecule has 0 spiro atoms. The van der Waals surface area contributed by atoms with Crippen LogP contribution in [0.2, 0.25) is 0 Å². The molecule has 1 heterocycles. The van der Waals surface area contributed by atoms with E-state index in [-0.39, 0.29) is 17.5 Å². The molecule has 1 saturated heterocycles. The second kappa shape index (κ2) is 8.91. The lowest BCUT2D eigenvalue weighted by Gasteiger charge is -2.34. The largest absolute Gasteiger partial charge is 0.350 e. The first-order valence-corrected chi connectivity index (χ1v) is 10.1. The average Bonchev–Trinajstić information content (AvgIpc) is 2.98. The van der Waals surface area contributed by atoms with Crippen molar-refractivity contribution in [2.75, 3.05) is 12.3 Å². The minimum absolute atomic E-state index is 0.0121. The lowest BCUT2D eigenvalue weighted by Crippen LogP contribution is -2.53. The van der Waals surface area contributed by atoms with Gasteiger partial charge in [-0.15, -0.1) is 11.8 Å². The van der Waals surface area contributed by atoms with E-state index < -0.39 is 0 Å². The number of carbonyl (C=O) groups excluding carboxylic acids is 1. The summed E-state index contributed by atoms with van der Waals surface area (Å²) in [5, 5.41) is 3.19. The lowest BCUT2D eigenvalue weighted by molar-refractivity contribution is -0.128. The summed E-state index contributed by atoms with van der Waals surface area (Å²) in [6.07, 6.45) is 4.37. The van der Waals surface area contributed by atoms with Crippen LogP contribution in [0, 0.1) is 0 Å². The Morgan fingerprint density at radius 3 is 2.67 bits per heavy atom. The molecule has 1 N–H and O–H groups in total. The molecule has 0 aromatic heterocycles. The quantitative estimate of drug-likeness (QED) is 0.745. The van der Waals surface area contributed by atoms with E-state index in [1.54, 1.807) is 0 Å². The molecule has 0 saturated carbocycles. The Bertz CT molecular complexity index is 512. The van der Waals surface area contributed by atoms with E-state index in [0.29, 0.717) is 6.04 Å². The van der Waals surface area contributed by atoms with E-state index >= 15 is 0 Å². The van der Waals surface area contributed by atoms with Gasteiger partial charge in [0.25, 0.3) is 0 Å². The molecule has 1 aromatic rings. The van der Waals surface area contributed by atoms with E-state index in [1.807, 2.05) is 11.8 Å². The first-order chi connectivity index (χ1) is 11.4. The summed E-state index contributed by atoms with van der Waals surface area (Å²) in [5.74, 6) is 1.26. The van der Waals surface area contributed by atoms with Gasteiger partial charge in [0.1, 0.15) is 0 Å². The predicted molar refractivity (Wildman–Crippen MR) is 103 cm³/mol. The number of hydrogen-bond acceptors (Lipinski definition) is 3. The summed E-state index contributed by atoms with van der Waals surface area (Å²) in [6.45, 7) is 9.38. The van der Waals surface area contributed by atoms with Crippen LogP contribution in [-0.4, -0.2) is 40.7 Å². The molecule has 0 radical (unpaired) electrons. The van der Waals surface area contributed by atoms with Gasteiger partial charge in [0, 0.05) is 22.2 Å². The SMILES string of the molecule is CCCC(C(=O)NC(C)(C)C)N1CCC[C@H]1CSc1ccccc1. The fraction of sp³-hybridized carbons (Fsp3) is 0.650. The Kier molecular flexibility index (Phi) is 7.17. The number of thioether (sulfide) groups is 1. The molecule has 1 unspecified atom stereocenters. The number of benzene rings is 1. The molecule has 1 aromatic carbocycles. The molecule has 24 heavy (non-hydrogen) atoms. The van der Waals surface area contributed by atoms with Crippen LogP contribution in [0.3, 0.4) is 0 Å². The minimum Gasteiger partial charge on any atom is -0.350 e. The Labute approximate surface area is 151 Å². The maximum atomic E-state index is 12.8. The summed E-state index contributed by atoms with van der Waals surface area (Å²) in [7, 11) is 0. The topological polar surface area (TPSA) is 32.3 Å². The normalized spacial score (nSPS) is 20.1. The van der Waals surface area contributed by atoms with E-state index in [2.05, 4.69) is 68.2 Å². The summed E-state index contributed by atoms with van der Waals surface area (Å²) >= 11 is 1.91. The molecular weight excluding hydrogens is 316 g/mol. The Morgan fingerprint density at radius 2 is 2.04 bits per heavy atom. The number of carbonyl (C=O) groups is 1. The van der Waals surface area contributed by atoms with Crippen molar-refractivity contribution in [2.24, 2.45) is 0 Å². The summed E-state index contributed by atoms with van der Waals surface area (Å²) in [5.41, 5.74) is -0.170. The van der Waals surface area contributed by atoms with Crippen LogP contribution in [-0.2, 0) is 4.79 Å². The fourth-order valence-corrected chi connectivity index (χ4v) is 4.42. The second-order valence-electron chi connectivity index (χ2n) is 7.70. The molecule has 2 rings (SSSR count). The zero-order valence-electron chi connectivity index (χ0n) is 15.5. The summed E-state index contributed by atoms with van der Waals surface area (Å²) in [4.78, 5) is 16.6. The van der Waals surface area contributed by atoms with E-state index in [9.17, 15) is 4.79 Å². The summed E-state index contributed by atoms with van der Waals surface area (Å²) in [6, 6.07) is 11.1. The van der Waals surface area contributed by atoms with Crippen molar-refractivity contribution in [3.63, 3.8) is 0 Å². The van der Waals surface area contributed by atoms with Gasteiger partial charge in [0.2, 0.25) is 5.91 Å². The molecule has 3 nitrogen and oxygen atoms in total. The molecule has 1 aliphatic rings. The van der Waals surface area contributed by atoms with Crippen LogP contribution < -0.4 is 5.32 Å². The van der Waals surface area contributed by atoms with Crippen LogP contribution >= 0.6 is 11.8 Å². The number of nitrogens with zero attached hydrogens (tertiary/aromatic N) is 1.